The number of likely N-dealkylation sites (tertiary alicyclic amines) is 1. The summed E-state index contributed by atoms with van der Waals surface area (Å²) >= 11 is 0. The SMILES string of the molecule is CCNC(=O)CC1CN(C(C)C)C1. The zero-order chi connectivity index (χ0) is 9.84. The van der Waals surface area contributed by atoms with Gasteiger partial charge in [-0.05, 0) is 26.7 Å². The molecule has 1 amide bonds. The Morgan fingerprint density at radius 3 is 2.62 bits per heavy atom. The fraction of sp³-hybridized carbons (Fsp3) is 0.900. The Bertz CT molecular complexity index is 174. The molecule has 0 aromatic heterocycles. The normalized spacial score (nSPS) is 18.8. The summed E-state index contributed by atoms with van der Waals surface area (Å²) in [6, 6.07) is 0.630. The van der Waals surface area contributed by atoms with Crippen molar-refractivity contribution in [2.75, 3.05) is 19.6 Å². The summed E-state index contributed by atoms with van der Waals surface area (Å²) in [5, 5.41) is 2.83. The average molecular weight is 184 g/mol. The van der Waals surface area contributed by atoms with Gasteiger partial charge in [0.1, 0.15) is 0 Å². The number of carbonyl (C=O) groups is 1. The van der Waals surface area contributed by atoms with Crippen LogP contribution in [-0.4, -0.2) is 36.5 Å². The van der Waals surface area contributed by atoms with E-state index in [1.165, 1.54) is 0 Å². The number of hydrogen-bond donors (Lipinski definition) is 1. The second-order valence-electron chi connectivity index (χ2n) is 4.07. The van der Waals surface area contributed by atoms with Crippen LogP contribution in [0.1, 0.15) is 27.2 Å². The van der Waals surface area contributed by atoms with Crippen molar-refractivity contribution < 1.29 is 4.79 Å². The molecule has 0 spiro atoms. The Hall–Kier alpha value is -0.570. The standard InChI is InChI=1S/C10H20N2O/c1-4-11-10(13)5-9-6-12(7-9)8(2)3/h8-9H,4-7H2,1-3H3,(H,11,13). The van der Waals surface area contributed by atoms with E-state index in [-0.39, 0.29) is 5.91 Å². The van der Waals surface area contributed by atoms with Gasteiger partial charge in [-0.25, -0.2) is 0 Å². The van der Waals surface area contributed by atoms with Gasteiger partial charge < -0.3 is 10.2 Å². The van der Waals surface area contributed by atoms with E-state index >= 15 is 0 Å². The minimum atomic E-state index is 0.205. The maximum atomic E-state index is 11.2. The third-order valence-electron chi connectivity index (χ3n) is 2.56. The van der Waals surface area contributed by atoms with Crippen LogP contribution in [0.5, 0.6) is 0 Å². The van der Waals surface area contributed by atoms with E-state index in [4.69, 9.17) is 0 Å². The lowest BCUT2D eigenvalue weighted by Crippen LogP contribution is -2.51. The Balaban J connectivity index is 2.11. The number of hydrogen-bond acceptors (Lipinski definition) is 2. The van der Waals surface area contributed by atoms with E-state index in [0.29, 0.717) is 18.4 Å². The van der Waals surface area contributed by atoms with Gasteiger partial charge in [0.2, 0.25) is 5.91 Å². The van der Waals surface area contributed by atoms with Gasteiger partial charge in [0, 0.05) is 32.1 Å². The smallest absolute Gasteiger partial charge is 0.220 e. The highest BCUT2D eigenvalue weighted by Gasteiger charge is 2.29. The summed E-state index contributed by atoms with van der Waals surface area (Å²) in [7, 11) is 0. The van der Waals surface area contributed by atoms with Gasteiger partial charge in [0.15, 0.2) is 0 Å². The van der Waals surface area contributed by atoms with Crippen LogP contribution in [-0.2, 0) is 4.79 Å². The lowest BCUT2D eigenvalue weighted by Gasteiger charge is -2.41. The molecule has 1 fully saturated rings. The van der Waals surface area contributed by atoms with Crippen molar-refractivity contribution in [1.29, 1.82) is 0 Å². The third-order valence-corrected chi connectivity index (χ3v) is 2.56. The number of carbonyl (C=O) groups excluding carboxylic acids is 1. The van der Waals surface area contributed by atoms with Crippen LogP contribution >= 0.6 is 0 Å². The molecule has 76 valence electrons. The quantitative estimate of drug-likeness (QED) is 0.702. The summed E-state index contributed by atoms with van der Waals surface area (Å²) in [5.41, 5.74) is 0. The minimum Gasteiger partial charge on any atom is -0.356 e. The van der Waals surface area contributed by atoms with Gasteiger partial charge in [-0.2, -0.15) is 0 Å². The Morgan fingerprint density at radius 1 is 1.54 bits per heavy atom. The molecule has 0 radical (unpaired) electrons. The monoisotopic (exact) mass is 184 g/mol. The molecule has 1 saturated heterocycles. The van der Waals surface area contributed by atoms with E-state index in [9.17, 15) is 4.79 Å². The van der Waals surface area contributed by atoms with Crippen molar-refractivity contribution >= 4 is 5.91 Å². The van der Waals surface area contributed by atoms with E-state index in [1.54, 1.807) is 0 Å². The largest absolute Gasteiger partial charge is 0.356 e. The topological polar surface area (TPSA) is 32.3 Å². The fourth-order valence-electron chi connectivity index (χ4n) is 1.69. The highest BCUT2D eigenvalue weighted by molar-refractivity contribution is 5.76. The molecular weight excluding hydrogens is 164 g/mol. The van der Waals surface area contributed by atoms with Crippen molar-refractivity contribution in [2.45, 2.75) is 33.2 Å². The Kier molecular flexibility index (Phi) is 3.72. The van der Waals surface area contributed by atoms with E-state index in [1.807, 2.05) is 6.92 Å². The van der Waals surface area contributed by atoms with Crippen LogP contribution < -0.4 is 5.32 Å². The Labute approximate surface area is 80.5 Å². The summed E-state index contributed by atoms with van der Waals surface area (Å²) in [5.74, 6) is 0.796. The second kappa shape index (κ2) is 4.61. The van der Waals surface area contributed by atoms with E-state index < -0.39 is 0 Å². The van der Waals surface area contributed by atoms with Crippen LogP contribution in [0, 0.1) is 5.92 Å². The first-order chi connectivity index (χ1) is 6.13. The van der Waals surface area contributed by atoms with Crippen molar-refractivity contribution in [1.82, 2.24) is 10.2 Å². The highest BCUT2D eigenvalue weighted by atomic mass is 16.1. The molecule has 0 aliphatic carbocycles. The minimum absolute atomic E-state index is 0.205. The van der Waals surface area contributed by atoms with Gasteiger partial charge in [-0.15, -0.1) is 0 Å². The second-order valence-corrected chi connectivity index (χ2v) is 4.07. The predicted molar refractivity (Wildman–Crippen MR) is 53.5 cm³/mol. The first kappa shape index (κ1) is 10.5. The van der Waals surface area contributed by atoms with Crippen molar-refractivity contribution in [3.05, 3.63) is 0 Å². The molecule has 1 aliphatic rings. The van der Waals surface area contributed by atoms with Gasteiger partial charge in [0.05, 0.1) is 0 Å². The van der Waals surface area contributed by atoms with E-state index in [2.05, 4.69) is 24.1 Å². The highest BCUT2D eigenvalue weighted by Crippen LogP contribution is 2.20. The van der Waals surface area contributed by atoms with Crippen molar-refractivity contribution in [3.8, 4) is 0 Å². The first-order valence-electron chi connectivity index (χ1n) is 5.14. The molecule has 0 bridgehead atoms. The number of amides is 1. The molecule has 3 heteroatoms. The average Bonchev–Trinajstić information content (AvgIpc) is 1.95. The van der Waals surface area contributed by atoms with Gasteiger partial charge >= 0.3 is 0 Å². The van der Waals surface area contributed by atoms with Crippen LogP contribution in [0.15, 0.2) is 0 Å². The predicted octanol–water partition coefficient (Wildman–Crippen LogP) is 0.853. The van der Waals surface area contributed by atoms with Crippen LogP contribution in [0.2, 0.25) is 0 Å². The lowest BCUT2D eigenvalue weighted by atomic mass is 9.94. The molecule has 0 unspecified atom stereocenters. The molecular formula is C10H20N2O. The maximum absolute atomic E-state index is 11.2. The van der Waals surface area contributed by atoms with Crippen molar-refractivity contribution in [3.63, 3.8) is 0 Å². The Morgan fingerprint density at radius 2 is 2.15 bits per heavy atom. The molecule has 13 heavy (non-hydrogen) atoms. The maximum Gasteiger partial charge on any atom is 0.220 e. The van der Waals surface area contributed by atoms with Crippen molar-refractivity contribution in [2.24, 2.45) is 5.92 Å². The molecule has 3 nitrogen and oxygen atoms in total. The first-order valence-corrected chi connectivity index (χ1v) is 5.14. The molecule has 1 rings (SSSR count). The summed E-state index contributed by atoms with van der Waals surface area (Å²) in [4.78, 5) is 13.6. The summed E-state index contributed by atoms with van der Waals surface area (Å²) < 4.78 is 0. The van der Waals surface area contributed by atoms with Crippen LogP contribution in [0.25, 0.3) is 0 Å². The zero-order valence-electron chi connectivity index (χ0n) is 8.84. The third kappa shape index (κ3) is 2.99. The molecule has 0 saturated carbocycles. The summed E-state index contributed by atoms with van der Waals surface area (Å²) in [6.07, 6.45) is 0.705. The molecule has 1 aliphatic heterocycles. The zero-order valence-corrected chi connectivity index (χ0v) is 8.84. The van der Waals surface area contributed by atoms with Gasteiger partial charge in [0.25, 0.3) is 0 Å². The van der Waals surface area contributed by atoms with Crippen LogP contribution in [0.4, 0.5) is 0 Å². The number of rotatable bonds is 4. The molecule has 0 aromatic rings. The molecule has 0 aromatic carbocycles. The molecule has 1 N–H and O–H groups in total. The number of nitrogens with zero attached hydrogens (tertiary/aromatic N) is 1. The number of nitrogens with one attached hydrogen (secondary N) is 1. The van der Waals surface area contributed by atoms with Crippen LogP contribution in [0.3, 0.4) is 0 Å². The lowest BCUT2D eigenvalue weighted by molar-refractivity contribution is -0.123. The summed E-state index contributed by atoms with van der Waals surface area (Å²) in [6.45, 7) is 9.28. The molecule has 1 heterocycles. The fourth-order valence-corrected chi connectivity index (χ4v) is 1.69. The molecule has 0 atom stereocenters. The van der Waals surface area contributed by atoms with Gasteiger partial charge in [-0.3, -0.25) is 4.79 Å². The van der Waals surface area contributed by atoms with E-state index in [0.717, 1.165) is 19.6 Å². The van der Waals surface area contributed by atoms with Gasteiger partial charge in [-0.1, -0.05) is 0 Å².